The number of carbonyl (C=O) groups is 1. The molecule has 0 bridgehead atoms. The molecule has 1 aromatic heterocycles. The van der Waals surface area contributed by atoms with Gasteiger partial charge >= 0.3 is 5.97 Å². The maximum absolute atomic E-state index is 10.4. The number of carboxylic acids is 1. The Bertz CT molecular complexity index is 401. The molecule has 7 heteroatoms. The van der Waals surface area contributed by atoms with Crippen LogP contribution < -0.4 is 5.32 Å². The van der Waals surface area contributed by atoms with Gasteiger partial charge in [0.05, 0.1) is 5.69 Å². The highest BCUT2D eigenvalue weighted by Gasteiger charge is 2.08. The first kappa shape index (κ1) is 14.0. The summed E-state index contributed by atoms with van der Waals surface area (Å²) in [6.07, 6.45) is 1.49. The van der Waals surface area contributed by atoms with Gasteiger partial charge in [0.25, 0.3) is 0 Å². The van der Waals surface area contributed by atoms with Gasteiger partial charge in [0.1, 0.15) is 0 Å². The van der Waals surface area contributed by atoms with Gasteiger partial charge in [-0.3, -0.25) is 4.79 Å². The molecule has 17 heavy (non-hydrogen) atoms. The first-order valence-corrected chi connectivity index (χ1v) is 5.91. The number of hydrogen-bond acceptors (Lipinski definition) is 4. The van der Waals surface area contributed by atoms with Crippen LogP contribution in [0.1, 0.15) is 26.2 Å². The molecule has 0 aromatic carbocycles. The lowest BCUT2D eigenvalue weighted by Crippen LogP contribution is -2.16. The highest BCUT2D eigenvalue weighted by Crippen LogP contribution is 2.22. The Morgan fingerprint density at radius 1 is 1.53 bits per heavy atom. The van der Waals surface area contributed by atoms with Gasteiger partial charge in [-0.1, -0.05) is 23.2 Å². The Morgan fingerprint density at radius 2 is 2.24 bits per heavy atom. The molecule has 0 saturated heterocycles. The number of hydrogen-bond donors (Lipinski definition) is 2. The van der Waals surface area contributed by atoms with E-state index in [1.165, 1.54) is 0 Å². The van der Waals surface area contributed by atoms with Gasteiger partial charge in [0, 0.05) is 18.5 Å². The summed E-state index contributed by atoms with van der Waals surface area (Å²) >= 11 is 11.5. The molecule has 1 heterocycles. The number of nitrogens with one attached hydrogen (secondary N) is 1. The Balaban J connectivity index is 2.47. The van der Waals surface area contributed by atoms with Gasteiger partial charge in [-0.25, -0.2) is 0 Å². The SMILES string of the molecule is CC(CCCC(=O)O)Nc1cc(Cl)nnc1Cl. The van der Waals surface area contributed by atoms with Crippen molar-refractivity contribution in [2.24, 2.45) is 0 Å². The average molecular weight is 278 g/mol. The van der Waals surface area contributed by atoms with Crippen LogP contribution in [0.3, 0.4) is 0 Å². The van der Waals surface area contributed by atoms with E-state index in [2.05, 4.69) is 15.5 Å². The third kappa shape index (κ3) is 5.19. The summed E-state index contributed by atoms with van der Waals surface area (Å²) in [7, 11) is 0. The quantitative estimate of drug-likeness (QED) is 0.836. The summed E-state index contributed by atoms with van der Waals surface area (Å²) in [6.45, 7) is 1.94. The average Bonchev–Trinajstić information content (AvgIpc) is 2.23. The minimum Gasteiger partial charge on any atom is -0.481 e. The van der Waals surface area contributed by atoms with Crippen molar-refractivity contribution in [1.82, 2.24) is 10.2 Å². The zero-order valence-corrected chi connectivity index (χ0v) is 10.8. The van der Waals surface area contributed by atoms with Crippen molar-refractivity contribution >= 4 is 34.9 Å². The molecule has 1 rings (SSSR count). The standard InChI is InChI=1S/C10H13Cl2N3O2/c1-6(3-2-4-9(16)17)13-7-5-8(11)14-15-10(7)12/h5-6H,2-4H2,1H3,(H,13,14)(H,16,17). The Labute approximate surface area is 109 Å². The maximum Gasteiger partial charge on any atom is 0.303 e. The second-order valence-corrected chi connectivity index (χ2v) is 4.45. The minimum absolute atomic E-state index is 0.0899. The first-order valence-electron chi connectivity index (χ1n) is 5.16. The molecule has 0 radical (unpaired) electrons. The van der Waals surface area contributed by atoms with Gasteiger partial charge in [-0.05, 0) is 19.8 Å². The number of carboxylic acid groups (broad SMARTS) is 1. The Hall–Kier alpha value is -1.07. The predicted octanol–water partition coefficient (Wildman–Crippen LogP) is 2.84. The molecule has 0 amide bonds. The second kappa shape index (κ2) is 6.61. The predicted molar refractivity (Wildman–Crippen MR) is 66.6 cm³/mol. The van der Waals surface area contributed by atoms with Crippen LogP contribution in [0.4, 0.5) is 5.69 Å². The monoisotopic (exact) mass is 277 g/mol. The topological polar surface area (TPSA) is 75.1 Å². The van der Waals surface area contributed by atoms with Crippen LogP contribution in [-0.4, -0.2) is 27.3 Å². The number of aromatic nitrogens is 2. The molecule has 0 fully saturated rings. The van der Waals surface area contributed by atoms with Gasteiger partial charge in [-0.15, -0.1) is 10.2 Å². The van der Waals surface area contributed by atoms with Crippen LogP contribution >= 0.6 is 23.2 Å². The molecule has 0 aliphatic carbocycles. The molecule has 1 atom stereocenters. The summed E-state index contributed by atoms with van der Waals surface area (Å²) in [5.41, 5.74) is 0.606. The van der Waals surface area contributed by atoms with Crippen molar-refractivity contribution in [3.8, 4) is 0 Å². The molecule has 0 aliphatic rings. The third-order valence-corrected chi connectivity index (χ3v) is 2.61. The summed E-state index contributed by atoms with van der Waals surface area (Å²) in [5, 5.41) is 19.4. The molecule has 94 valence electrons. The molecule has 1 unspecified atom stereocenters. The number of nitrogens with zero attached hydrogens (tertiary/aromatic N) is 2. The van der Waals surface area contributed by atoms with E-state index in [1.807, 2.05) is 6.92 Å². The summed E-state index contributed by atoms with van der Waals surface area (Å²) < 4.78 is 0. The van der Waals surface area contributed by atoms with Crippen molar-refractivity contribution in [2.75, 3.05) is 5.32 Å². The van der Waals surface area contributed by atoms with E-state index < -0.39 is 5.97 Å². The normalized spacial score (nSPS) is 12.2. The van der Waals surface area contributed by atoms with E-state index >= 15 is 0 Å². The number of rotatable bonds is 6. The molecule has 5 nitrogen and oxygen atoms in total. The van der Waals surface area contributed by atoms with Crippen molar-refractivity contribution < 1.29 is 9.90 Å². The van der Waals surface area contributed by atoms with Crippen molar-refractivity contribution in [3.05, 3.63) is 16.4 Å². The van der Waals surface area contributed by atoms with Crippen molar-refractivity contribution in [1.29, 1.82) is 0 Å². The van der Waals surface area contributed by atoms with Crippen molar-refractivity contribution in [3.63, 3.8) is 0 Å². The largest absolute Gasteiger partial charge is 0.481 e. The summed E-state index contributed by atoms with van der Waals surface area (Å²) in [6, 6.07) is 1.68. The second-order valence-electron chi connectivity index (χ2n) is 3.70. The summed E-state index contributed by atoms with van der Waals surface area (Å²) in [4.78, 5) is 10.4. The van der Waals surface area contributed by atoms with Gasteiger partial charge in [-0.2, -0.15) is 0 Å². The van der Waals surface area contributed by atoms with E-state index in [4.69, 9.17) is 28.3 Å². The Kier molecular flexibility index (Phi) is 5.44. The molecule has 2 N–H and O–H groups in total. The highest BCUT2D eigenvalue weighted by atomic mass is 35.5. The first-order chi connectivity index (χ1) is 7.99. The van der Waals surface area contributed by atoms with Gasteiger partial charge in [0.15, 0.2) is 10.3 Å². The van der Waals surface area contributed by atoms with Gasteiger partial charge < -0.3 is 10.4 Å². The lowest BCUT2D eigenvalue weighted by Gasteiger charge is -2.15. The van der Waals surface area contributed by atoms with Crippen LogP contribution in [0.2, 0.25) is 10.3 Å². The van der Waals surface area contributed by atoms with Gasteiger partial charge in [0.2, 0.25) is 0 Å². The molecule has 0 spiro atoms. The summed E-state index contributed by atoms with van der Waals surface area (Å²) in [5.74, 6) is -0.788. The van der Waals surface area contributed by atoms with Crippen LogP contribution in [0.15, 0.2) is 6.07 Å². The smallest absolute Gasteiger partial charge is 0.303 e. The van der Waals surface area contributed by atoms with E-state index in [0.717, 1.165) is 6.42 Å². The fraction of sp³-hybridized carbons (Fsp3) is 0.500. The lowest BCUT2D eigenvalue weighted by atomic mass is 10.1. The number of halogens is 2. The van der Waals surface area contributed by atoms with Crippen LogP contribution in [-0.2, 0) is 4.79 Å². The highest BCUT2D eigenvalue weighted by molar-refractivity contribution is 6.33. The number of aliphatic carboxylic acids is 1. The zero-order chi connectivity index (χ0) is 12.8. The Morgan fingerprint density at radius 3 is 2.88 bits per heavy atom. The number of anilines is 1. The molecule has 0 saturated carbocycles. The fourth-order valence-corrected chi connectivity index (χ4v) is 1.65. The van der Waals surface area contributed by atoms with E-state index in [1.54, 1.807) is 6.07 Å². The molecular formula is C10H13Cl2N3O2. The van der Waals surface area contributed by atoms with Crippen molar-refractivity contribution in [2.45, 2.75) is 32.2 Å². The van der Waals surface area contributed by atoms with E-state index in [-0.39, 0.29) is 22.8 Å². The lowest BCUT2D eigenvalue weighted by molar-refractivity contribution is -0.137. The van der Waals surface area contributed by atoms with Crippen LogP contribution in [0.5, 0.6) is 0 Å². The fourth-order valence-electron chi connectivity index (χ4n) is 1.35. The molecule has 0 aliphatic heterocycles. The van der Waals surface area contributed by atoms with E-state index in [9.17, 15) is 4.79 Å². The maximum atomic E-state index is 10.4. The van der Waals surface area contributed by atoms with Crippen LogP contribution in [0, 0.1) is 0 Å². The minimum atomic E-state index is -0.788. The van der Waals surface area contributed by atoms with E-state index in [0.29, 0.717) is 12.1 Å². The zero-order valence-electron chi connectivity index (χ0n) is 9.28. The van der Waals surface area contributed by atoms with Crippen LogP contribution in [0.25, 0.3) is 0 Å². The third-order valence-electron chi connectivity index (χ3n) is 2.15. The molecular weight excluding hydrogens is 265 g/mol. The molecule has 1 aromatic rings.